The molecule has 0 unspecified atom stereocenters. The summed E-state index contributed by atoms with van der Waals surface area (Å²) in [5, 5.41) is 12.2. The molecule has 0 aliphatic heterocycles. The molecule has 2 heteroatoms. The zero-order chi connectivity index (χ0) is 10.4. The third kappa shape index (κ3) is 1.26. The molecule has 0 aromatic heterocycles. The molecule has 0 saturated carbocycles. The van der Waals surface area contributed by atoms with E-state index < -0.39 is 0 Å². The van der Waals surface area contributed by atoms with Crippen LogP contribution < -0.4 is 5.73 Å². The van der Waals surface area contributed by atoms with Crippen LogP contribution in [0.2, 0.25) is 0 Å². The van der Waals surface area contributed by atoms with Crippen LogP contribution in [0, 0.1) is 0 Å². The van der Waals surface area contributed by atoms with Crippen molar-refractivity contribution in [2.45, 2.75) is 18.6 Å². The summed E-state index contributed by atoms with van der Waals surface area (Å²) in [5.41, 5.74) is 6.48. The lowest BCUT2D eigenvalue weighted by atomic mass is 10.0. The lowest BCUT2D eigenvalue weighted by Gasteiger charge is -2.06. The lowest BCUT2D eigenvalue weighted by molar-refractivity contribution is -0.441. The summed E-state index contributed by atoms with van der Waals surface area (Å²) in [6.45, 7) is 0. The Bertz CT molecular complexity index is 521. The fourth-order valence-corrected chi connectivity index (χ4v) is 2.40. The Labute approximate surface area is 88.3 Å². The molecule has 76 valence electrons. The van der Waals surface area contributed by atoms with Crippen LogP contribution in [-0.4, -0.2) is 11.2 Å². The minimum atomic E-state index is -0.309. The number of aliphatic hydroxyl groups is 1. The van der Waals surface area contributed by atoms with Gasteiger partial charge in [-0.2, -0.15) is 0 Å². The fraction of sp³-hybridized carbons (Fsp3) is 0.231. The van der Waals surface area contributed by atoms with Crippen molar-refractivity contribution in [3.63, 3.8) is 0 Å². The highest BCUT2D eigenvalue weighted by molar-refractivity contribution is 5.84. The van der Waals surface area contributed by atoms with E-state index in [-0.39, 0.29) is 12.1 Å². The van der Waals surface area contributed by atoms with Gasteiger partial charge in [-0.25, -0.2) is 0 Å². The zero-order valence-corrected chi connectivity index (χ0v) is 8.48. The number of benzene rings is 2. The maximum absolute atomic E-state index is 9.76. The summed E-state index contributed by atoms with van der Waals surface area (Å²) in [4.78, 5) is 0. The van der Waals surface area contributed by atoms with Gasteiger partial charge in [-0.3, -0.25) is 0 Å². The summed E-state index contributed by atoms with van der Waals surface area (Å²) in [6, 6.07) is 12.7. The van der Waals surface area contributed by atoms with E-state index in [1.165, 1.54) is 21.9 Å². The van der Waals surface area contributed by atoms with Crippen LogP contribution in [0.1, 0.15) is 17.2 Å². The Morgan fingerprint density at radius 3 is 2.53 bits per heavy atom. The summed E-state index contributed by atoms with van der Waals surface area (Å²) in [6.07, 6.45) is 0.436. The van der Waals surface area contributed by atoms with E-state index in [1.54, 1.807) is 0 Å². The number of fused-ring (bicyclic) bond motifs is 2. The topological polar surface area (TPSA) is 47.9 Å². The van der Waals surface area contributed by atoms with E-state index in [4.69, 9.17) is 0 Å². The van der Waals surface area contributed by atoms with Gasteiger partial charge in [0.1, 0.15) is 12.1 Å². The van der Waals surface area contributed by atoms with Gasteiger partial charge in [0.2, 0.25) is 0 Å². The van der Waals surface area contributed by atoms with Gasteiger partial charge in [0, 0.05) is 12.0 Å². The Morgan fingerprint density at radius 2 is 1.80 bits per heavy atom. The van der Waals surface area contributed by atoms with E-state index in [9.17, 15) is 5.11 Å². The quantitative estimate of drug-likeness (QED) is 0.656. The van der Waals surface area contributed by atoms with Crippen molar-refractivity contribution in [1.29, 1.82) is 0 Å². The molecule has 0 amide bonds. The van der Waals surface area contributed by atoms with Crippen molar-refractivity contribution in [2.24, 2.45) is 0 Å². The monoisotopic (exact) mass is 200 g/mol. The maximum atomic E-state index is 9.76. The van der Waals surface area contributed by atoms with Gasteiger partial charge in [-0.1, -0.05) is 30.3 Å². The first-order chi connectivity index (χ1) is 7.25. The molecule has 2 nitrogen and oxygen atoms in total. The smallest absolute Gasteiger partial charge is 0.137 e. The van der Waals surface area contributed by atoms with E-state index >= 15 is 0 Å². The fourth-order valence-electron chi connectivity index (χ4n) is 2.40. The number of quaternary nitrogens is 1. The van der Waals surface area contributed by atoms with E-state index in [1.807, 2.05) is 12.1 Å². The maximum Gasteiger partial charge on any atom is 0.137 e. The van der Waals surface area contributed by atoms with Crippen molar-refractivity contribution in [3.05, 3.63) is 47.5 Å². The molecule has 3 rings (SSSR count). The SMILES string of the molecule is [NH3+][C@@H]1c2cc3ccccc3cc2C[C@@H]1O. The molecule has 0 heterocycles. The van der Waals surface area contributed by atoms with Crippen LogP contribution in [0.3, 0.4) is 0 Å². The predicted molar refractivity (Wildman–Crippen MR) is 59.3 cm³/mol. The molecule has 0 spiro atoms. The second kappa shape index (κ2) is 3.05. The molecular formula is C13H14NO+. The van der Waals surface area contributed by atoms with Gasteiger partial charge in [0.25, 0.3) is 0 Å². The van der Waals surface area contributed by atoms with Gasteiger partial charge in [0.05, 0.1) is 0 Å². The van der Waals surface area contributed by atoms with Gasteiger partial charge < -0.3 is 10.8 Å². The predicted octanol–water partition coefficient (Wildman–Crippen LogP) is 1.04. The van der Waals surface area contributed by atoms with Gasteiger partial charge >= 0.3 is 0 Å². The molecular weight excluding hydrogens is 186 g/mol. The molecule has 0 bridgehead atoms. The Balaban J connectivity index is 2.27. The average molecular weight is 200 g/mol. The van der Waals surface area contributed by atoms with Crippen molar-refractivity contribution in [1.82, 2.24) is 0 Å². The van der Waals surface area contributed by atoms with Crippen LogP contribution in [0.4, 0.5) is 0 Å². The Kier molecular flexibility index (Phi) is 1.81. The van der Waals surface area contributed by atoms with E-state index in [0.29, 0.717) is 0 Å². The van der Waals surface area contributed by atoms with E-state index in [2.05, 4.69) is 30.0 Å². The molecule has 4 N–H and O–H groups in total. The normalized spacial score (nSPS) is 24.4. The first-order valence-corrected chi connectivity index (χ1v) is 5.28. The van der Waals surface area contributed by atoms with Gasteiger partial charge in [0.15, 0.2) is 0 Å². The molecule has 2 atom stereocenters. The molecule has 2 aromatic carbocycles. The first kappa shape index (κ1) is 8.89. The van der Waals surface area contributed by atoms with Crippen molar-refractivity contribution >= 4 is 10.8 Å². The number of aliphatic hydroxyl groups excluding tert-OH is 1. The molecule has 0 fully saturated rings. The van der Waals surface area contributed by atoms with Gasteiger partial charge in [-0.05, 0) is 22.4 Å². The zero-order valence-electron chi connectivity index (χ0n) is 8.48. The van der Waals surface area contributed by atoms with Crippen molar-refractivity contribution in [2.75, 3.05) is 0 Å². The minimum Gasteiger partial charge on any atom is -0.386 e. The second-order valence-corrected chi connectivity index (χ2v) is 4.28. The summed E-state index contributed by atoms with van der Waals surface area (Å²) >= 11 is 0. The van der Waals surface area contributed by atoms with Crippen molar-refractivity contribution < 1.29 is 10.8 Å². The number of rotatable bonds is 0. The second-order valence-electron chi connectivity index (χ2n) is 4.28. The van der Waals surface area contributed by atoms with Crippen LogP contribution in [0.25, 0.3) is 10.8 Å². The van der Waals surface area contributed by atoms with Crippen LogP contribution in [-0.2, 0) is 6.42 Å². The Hall–Kier alpha value is -1.38. The first-order valence-electron chi connectivity index (χ1n) is 5.28. The largest absolute Gasteiger partial charge is 0.386 e. The highest BCUT2D eigenvalue weighted by Gasteiger charge is 2.31. The van der Waals surface area contributed by atoms with Crippen LogP contribution in [0.15, 0.2) is 36.4 Å². The Morgan fingerprint density at radius 1 is 1.13 bits per heavy atom. The number of hydrogen-bond donors (Lipinski definition) is 2. The van der Waals surface area contributed by atoms with Crippen LogP contribution >= 0.6 is 0 Å². The standard InChI is InChI=1S/C13H13NO/c14-13-11-6-9-4-2-1-3-8(9)5-10(11)7-12(13)15/h1-6,12-13,15H,7,14H2/p+1/t12-,13+/m0/s1. The summed E-state index contributed by atoms with van der Waals surface area (Å²) < 4.78 is 0. The molecule has 2 aromatic rings. The van der Waals surface area contributed by atoms with Crippen molar-refractivity contribution in [3.8, 4) is 0 Å². The van der Waals surface area contributed by atoms with E-state index in [0.717, 1.165) is 6.42 Å². The van der Waals surface area contributed by atoms with Crippen LogP contribution in [0.5, 0.6) is 0 Å². The molecule has 1 aliphatic carbocycles. The highest BCUT2D eigenvalue weighted by atomic mass is 16.3. The minimum absolute atomic E-state index is 0.0320. The molecule has 15 heavy (non-hydrogen) atoms. The summed E-state index contributed by atoms with van der Waals surface area (Å²) in [7, 11) is 0. The third-order valence-electron chi connectivity index (χ3n) is 3.30. The molecule has 0 radical (unpaired) electrons. The van der Waals surface area contributed by atoms with Gasteiger partial charge in [-0.15, -0.1) is 0 Å². The lowest BCUT2D eigenvalue weighted by Crippen LogP contribution is -2.57. The molecule has 1 aliphatic rings. The summed E-state index contributed by atoms with van der Waals surface area (Å²) in [5.74, 6) is 0. The average Bonchev–Trinajstić information content (AvgIpc) is 2.52. The highest BCUT2D eigenvalue weighted by Crippen LogP contribution is 2.31. The molecule has 0 saturated heterocycles. The third-order valence-corrected chi connectivity index (χ3v) is 3.30. The number of hydrogen-bond acceptors (Lipinski definition) is 1.